The van der Waals surface area contributed by atoms with E-state index in [1.165, 1.54) is 34.8 Å². The smallest absolute Gasteiger partial charge is 0.295 e. The summed E-state index contributed by atoms with van der Waals surface area (Å²) in [7, 11) is 0. The first-order chi connectivity index (χ1) is 13.6. The van der Waals surface area contributed by atoms with E-state index in [4.69, 9.17) is 11.6 Å². The molecule has 1 aromatic carbocycles. The third-order valence-electron chi connectivity index (χ3n) is 4.44. The van der Waals surface area contributed by atoms with E-state index < -0.39 is 17.7 Å². The van der Waals surface area contributed by atoms with Gasteiger partial charge in [-0.25, -0.2) is 4.98 Å². The van der Waals surface area contributed by atoms with Crippen molar-refractivity contribution in [3.8, 4) is 0 Å². The van der Waals surface area contributed by atoms with Crippen LogP contribution in [0.15, 0.2) is 65.9 Å². The van der Waals surface area contributed by atoms with Crippen LogP contribution in [0, 0.1) is 0 Å². The van der Waals surface area contributed by atoms with E-state index in [1.54, 1.807) is 24.3 Å². The van der Waals surface area contributed by atoms with Gasteiger partial charge in [0.1, 0.15) is 5.69 Å². The maximum Gasteiger partial charge on any atom is 0.295 e. The Kier molecular flexibility index (Phi) is 4.93. The number of likely N-dealkylation sites (tertiary alicyclic amines) is 1. The zero-order chi connectivity index (χ0) is 19.7. The molecule has 1 aliphatic rings. The number of rotatable bonds is 4. The van der Waals surface area contributed by atoms with Crippen LogP contribution >= 0.6 is 22.9 Å². The number of halogens is 1. The lowest BCUT2D eigenvalue weighted by Crippen LogP contribution is -2.28. The fourth-order valence-corrected chi connectivity index (χ4v) is 3.99. The Labute approximate surface area is 169 Å². The molecule has 1 atom stereocenters. The van der Waals surface area contributed by atoms with Crippen molar-refractivity contribution >= 4 is 40.4 Å². The van der Waals surface area contributed by atoms with E-state index in [2.05, 4.69) is 9.97 Å². The predicted octanol–water partition coefficient (Wildman–Crippen LogP) is 3.81. The Hall–Kier alpha value is -3.03. The summed E-state index contributed by atoms with van der Waals surface area (Å²) in [5.41, 5.74) is 0.797. The highest BCUT2D eigenvalue weighted by molar-refractivity contribution is 7.09. The summed E-state index contributed by atoms with van der Waals surface area (Å²) in [5, 5.41) is 13.2. The molecule has 0 radical (unpaired) electrons. The molecule has 1 saturated heterocycles. The van der Waals surface area contributed by atoms with Crippen molar-refractivity contribution in [2.45, 2.75) is 12.6 Å². The van der Waals surface area contributed by atoms with Gasteiger partial charge in [0.15, 0.2) is 5.76 Å². The zero-order valence-electron chi connectivity index (χ0n) is 14.4. The number of carbonyl (C=O) groups is 2. The third kappa shape index (κ3) is 3.30. The maximum atomic E-state index is 12.8. The van der Waals surface area contributed by atoms with Crippen molar-refractivity contribution in [3.05, 3.63) is 87.1 Å². The fraction of sp³-hybridized carbons (Fsp3) is 0.100. The summed E-state index contributed by atoms with van der Waals surface area (Å²) in [4.78, 5) is 36.0. The lowest BCUT2D eigenvalue weighted by Gasteiger charge is -2.24. The summed E-state index contributed by atoms with van der Waals surface area (Å²) in [6.07, 6.45) is 4.22. The minimum Gasteiger partial charge on any atom is -0.505 e. The largest absolute Gasteiger partial charge is 0.505 e. The Bertz CT molecular complexity index is 1050. The average Bonchev–Trinajstić information content (AvgIpc) is 3.31. The first-order valence-electron chi connectivity index (χ1n) is 8.39. The molecular formula is C20H14ClN3O3S. The molecule has 1 fully saturated rings. The second-order valence-electron chi connectivity index (χ2n) is 6.15. The van der Waals surface area contributed by atoms with Crippen LogP contribution < -0.4 is 0 Å². The minimum absolute atomic E-state index is 0.00983. The molecule has 6 nitrogen and oxygen atoms in total. The average molecular weight is 412 g/mol. The van der Waals surface area contributed by atoms with Gasteiger partial charge in [-0.1, -0.05) is 29.8 Å². The fourth-order valence-electron chi connectivity index (χ4n) is 3.16. The van der Waals surface area contributed by atoms with E-state index in [9.17, 15) is 14.7 Å². The Morgan fingerprint density at radius 3 is 2.61 bits per heavy atom. The molecule has 4 rings (SSSR count). The summed E-state index contributed by atoms with van der Waals surface area (Å²) in [5.74, 6) is -1.77. The molecule has 140 valence electrons. The van der Waals surface area contributed by atoms with Gasteiger partial charge in [0.2, 0.25) is 0 Å². The van der Waals surface area contributed by atoms with E-state index in [0.717, 1.165) is 4.88 Å². The van der Waals surface area contributed by atoms with Crippen LogP contribution in [0.25, 0.3) is 5.76 Å². The molecule has 1 amide bonds. The molecule has 1 aliphatic heterocycles. The highest BCUT2D eigenvalue weighted by Gasteiger charge is 2.46. The number of benzene rings is 1. The number of ketones is 1. The van der Waals surface area contributed by atoms with Gasteiger partial charge >= 0.3 is 0 Å². The number of thiophene rings is 1. The first-order valence-corrected chi connectivity index (χ1v) is 9.64. The van der Waals surface area contributed by atoms with Gasteiger partial charge in [-0.2, -0.15) is 0 Å². The quantitative estimate of drug-likeness (QED) is 0.401. The van der Waals surface area contributed by atoms with Crippen LogP contribution in [-0.4, -0.2) is 31.7 Å². The van der Waals surface area contributed by atoms with Gasteiger partial charge in [-0.3, -0.25) is 14.6 Å². The first kappa shape index (κ1) is 18.3. The third-order valence-corrected chi connectivity index (χ3v) is 5.55. The molecule has 0 spiro atoms. The van der Waals surface area contributed by atoms with Crippen LogP contribution in [0.4, 0.5) is 0 Å². The van der Waals surface area contributed by atoms with E-state index >= 15 is 0 Å². The van der Waals surface area contributed by atoms with Gasteiger partial charge in [0, 0.05) is 22.3 Å². The van der Waals surface area contributed by atoms with Crippen LogP contribution in [0.2, 0.25) is 5.02 Å². The SMILES string of the molecule is O=C1C(=O)N(Cc2cccs2)C(c2ccc(Cl)cc2)/C1=C(\O)c1cnccn1. The summed E-state index contributed by atoms with van der Waals surface area (Å²) >= 11 is 7.49. The number of hydrogen-bond donors (Lipinski definition) is 1. The summed E-state index contributed by atoms with van der Waals surface area (Å²) < 4.78 is 0. The standard InChI is InChI=1S/C20H14ClN3O3S/c21-13-5-3-12(4-6-13)17-16(18(25)15-10-22-7-8-23-15)19(26)20(27)24(17)11-14-2-1-9-28-14/h1-10,17,25H,11H2/b18-16+. The number of aliphatic hydroxyl groups is 1. The molecule has 1 N–H and O–H groups in total. The molecule has 0 aliphatic carbocycles. The second kappa shape index (κ2) is 7.53. The molecule has 8 heteroatoms. The molecule has 3 heterocycles. The normalized spacial score (nSPS) is 18.6. The van der Waals surface area contributed by atoms with Crippen molar-refractivity contribution in [1.82, 2.24) is 14.9 Å². The van der Waals surface area contributed by atoms with Crippen LogP contribution in [-0.2, 0) is 16.1 Å². The molecule has 2 aromatic heterocycles. The molecule has 28 heavy (non-hydrogen) atoms. The number of hydrogen-bond acceptors (Lipinski definition) is 6. The lowest BCUT2D eigenvalue weighted by molar-refractivity contribution is -0.140. The molecule has 0 bridgehead atoms. The minimum atomic E-state index is -0.750. The van der Waals surface area contributed by atoms with Gasteiger partial charge in [0.05, 0.1) is 24.4 Å². The Morgan fingerprint density at radius 2 is 1.96 bits per heavy atom. The Balaban J connectivity index is 1.86. The highest BCUT2D eigenvalue weighted by Crippen LogP contribution is 2.40. The maximum absolute atomic E-state index is 12.8. The van der Waals surface area contributed by atoms with Crippen molar-refractivity contribution in [2.24, 2.45) is 0 Å². The topological polar surface area (TPSA) is 83.4 Å². The molecule has 0 saturated carbocycles. The van der Waals surface area contributed by atoms with Crippen LogP contribution in [0.1, 0.15) is 22.2 Å². The zero-order valence-corrected chi connectivity index (χ0v) is 16.0. The van der Waals surface area contributed by atoms with Crippen molar-refractivity contribution in [1.29, 1.82) is 0 Å². The van der Waals surface area contributed by atoms with Crippen LogP contribution in [0.5, 0.6) is 0 Å². The van der Waals surface area contributed by atoms with Gasteiger partial charge in [0.25, 0.3) is 11.7 Å². The number of Topliss-reactive ketones (excluding diaryl/α,β-unsaturated/α-hetero) is 1. The van der Waals surface area contributed by atoms with Crippen molar-refractivity contribution < 1.29 is 14.7 Å². The lowest BCUT2D eigenvalue weighted by atomic mass is 9.96. The van der Waals surface area contributed by atoms with E-state index in [1.807, 2.05) is 17.5 Å². The van der Waals surface area contributed by atoms with Crippen LogP contribution in [0.3, 0.4) is 0 Å². The summed E-state index contributed by atoms with van der Waals surface area (Å²) in [6.45, 7) is 0.257. The Morgan fingerprint density at radius 1 is 1.18 bits per heavy atom. The number of aliphatic hydroxyl groups excluding tert-OH is 1. The number of aromatic nitrogens is 2. The predicted molar refractivity (Wildman–Crippen MR) is 106 cm³/mol. The van der Waals surface area contributed by atoms with Gasteiger partial charge in [-0.05, 0) is 29.1 Å². The van der Waals surface area contributed by atoms with Gasteiger partial charge < -0.3 is 10.0 Å². The monoisotopic (exact) mass is 411 g/mol. The van der Waals surface area contributed by atoms with E-state index in [0.29, 0.717) is 10.6 Å². The number of nitrogens with zero attached hydrogens (tertiary/aromatic N) is 3. The second-order valence-corrected chi connectivity index (χ2v) is 7.62. The highest BCUT2D eigenvalue weighted by atomic mass is 35.5. The summed E-state index contributed by atoms with van der Waals surface area (Å²) in [6, 6.07) is 9.88. The molecule has 1 unspecified atom stereocenters. The van der Waals surface area contributed by atoms with Crippen molar-refractivity contribution in [2.75, 3.05) is 0 Å². The number of amides is 1. The molecular weight excluding hydrogens is 398 g/mol. The van der Waals surface area contributed by atoms with Crippen molar-refractivity contribution in [3.63, 3.8) is 0 Å². The number of carbonyl (C=O) groups excluding carboxylic acids is 2. The molecule has 3 aromatic rings. The van der Waals surface area contributed by atoms with E-state index in [-0.39, 0.29) is 23.6 Å². The van der Waals surface area contributed by atoms with Gasteiger partial charge in [-0.15, -0.1) is 11.3 Å².